The number of halogens is 1. The van der Waals surface area contributed by atoms with Crippen LogP contribution in [-0.4, -0.2) is 33.6 Å². The van der Waals surface area contributed by atoms with Crippen LogP contribution in [-0.2, 0) is 16.2 Å². The average Bonchev–Trinajstić information content (AvgIpc) is 3.00. The minimum absolute atomic E-state index is 0.258. The molecule has 144 valence electrons. The van der Waals surface area contributed by atoms with E-state index in [4.69, 9.17) is 21.4 Å². The highest BCUT2D eigenvalue weighted by atomic mass is 35.5. The molecule has 0 unspecified atom stereocenters. The Hall–Kier alpha value is -2.84. The fourth-order valence-electron chi connectivity index (χ4n) is 2.33. The van der Waals surface area contributed by atoms with Crippen molar-refractivity contribution in [1.82, 2.24) is 5.32 Å². The number of nitrogens with one attached hydrogen (secondary N) is 1. The molecule has 1 heterocycles. The van der Waals surface area contributed by atoms with Gasteiger partial charge in [0, 0.05) is 5.02 Å². The average molecular weight is 418 g/mol. The van der Waals surface area contributed by atoms with Crippen LogP contribution in [0.4, 0.5) is 0 Å². The number of nitrogens with zero attached hydrogens (tertiary/aromatic N) is 2. The van der Waals surface area contributed by atoms with E-state index in [-0.39, 0.29) is 17.5 Å². The van der Waals surface area contributed by atoms with Crippen molar-refractivity contribution in [2.24, 2.45) is 10.2 Å². The van der Waals surface area contributed by atoms with Gasteiger partial charge in [0.1, 0.15) is 17.6 Å². The number of hydrogen-bond acceptors (Lipinski definition) is 6. The zero-order valence-electron chi connectivity index (χ0n) is 14.5. The van der Waals surface area contributed by atoms with Gasteiger partial charge in [0.15, 0.2) is 5.17 Å². The molecule has 0 spiro atoms. The zero-order valence-corrected chi connectivity index (χ0v) is 16.1. The fraction of sp³-hybridized carbons (Fsp3) is 0.158. The molecule has 9 heteroatoms. The number of amides is 1. The Morgan fingerprint density at radius 3 is 2.82 bits per heavy atom. The van der Waals surface area contributed by atoms with Crippen LogP contribution in [0.5, 0.6) is 5.75 Å². The maximum atomic E-state index is 11.7. The van der Waals surface area contributed by atoms with Gasteiger partial charge in [-0.25, -0.2) is 0 Å². The van der Waals surface area contributed by atoms with E-state index in [1.807, 2.05) is 48.5 Å². The lowest BCUT2D eigenvalue weighted by atomic mass is 10.2. The summed E-state index contributed by atoms with van der Waals surface area (Å²) in [5.41, 5.74) is 1.77. The van der Waals surface area contributed by atoms with Gasteiger partial charge in [0.2, 0.25) is 5.91 Å². The number of amidine groups is 1. The Kier molecular flexibility index (Phi) is 6.67. The van der Waals surface area contributed by atoms with Crippen LogP contribution in [0.1, 0.15) is 17.5 Å². The minimum atomic E-state index is -1.03. The monoisotopic (exact) mass is 417 g/mol. The maximum absolute atomic E-state index is 11.7. The number of rotatable bonds is 7. The van der Waals surface area contributed by atoms with Crippen LogP contribution in [0, 0.1) is 0 Å². The molecule has 2 N–H and O–H groups in total. The van der Waals surface area contributed by atoms with Gasteiger partial charge < -0.3 is 15.2 Å². The molecule has 0 aliphatic carbocycles. The van der Waals surface area contributed by atoms with Crippen molar-refractivity contribution in [3.8, 4) is 5.75 Å². The number of carboxylic acids is 1. The largest absolute Gasteiger partial charge is 0.489 e. The number of carbonyl (C=O) groups excluding carboxylic acids is 1. The molecule has 2 aromatic rings. The molecule has 0 bridgehead atoms. The predicted octanol–water partition coefficient (Wildman–Crippen LogP) is 3.32. The first-order valence-corrected chi connectivity index (χ1v) is 9.53. The Morgan fingerprint density at radius 1 is 1.29 bits per heavy atom. The second kappa shape index (κ2) is 9.38. The van der Waals surface area contributed by atoms with Gasteiger partial charge in [-0.15, -0.1) is 5.10 Å². The smallest absolute Gasteiger partial charge is 0.305 e. The molecule has 0 aromatic heterocycles. The van der Waals surface area contributed by atoms with E-state index in [1.54, 1.807) is 0 Å². The predicted molar refractivity (Wildman–Crippen MR) is 109 cm³/mol. The highest BCUT2D eigenvalue weighted by Gasteiger charge is 2.32. The van der Waals surface area contributed by atoms with E-state index in [9.17, 15) is 9.59 Å². The molecule has 1 fully saturated rings. The number of ether oxygens (including phenoxy) is 1. The molecule has 1 saturated heterocycles. The molecule has 28 heavy (non-hydrogen) atoms. The van der Waals surface area contributed by atoms with Crippen molar-refractivity contribution in [3.63, 3.8) is 0 Å². The summed E-state index contributed by atoms with van der Waals surface area (Å²) in [6, 6.07) is 14.7. The highest BCUT2D eigenvalue weighted by molar-refractivity contribution is 8.15. The van der Waals surface area contributed by atoms with Gasteiger partial charge in [-0.05, 0) is 35.4 Å². The first-order chi connectivity index (χ1) is 13.5. The van der Waals surface area contributed by atoms with Gasteiger partial charge in [-0.1, -0.05) is 47.6 Å². The second-order valence-corrected chi connectivity index (χ2v) is 7.46. The van der Waals surface area contributed by atoms with E-state index in [0.717, 1.165) is 22.9 Å². The van der Waals surface area contributed by atoms with Crippen LogP contribution in [0.3, 0.4) is 0 Å². The Balaban J connectivity index is 1.57. The third-order valence-corrected chi connectivity index (χ3v) is 4.99. The van der Waals surface area contributed by atoms with E-state index >= 15 is 0 Å². The molecule has 7 nitrogen and oxygen atoms in total. The second-order valence-electron chi connectivity index (χ2n) is 5.83. The molecular weight excluding hydrogens is 402 g/mol. The lowest BCUT2D eigenvalue weighted by molar-refractivity contribution is -0.138. The number of thioether (sulfide) groups is 1. The highest BCUT2D eigenvalue weighted by Crippen LogP contribution is 2.22. The third-order valence-electron chi connectivity index (χ3n) is 3.67. The Labute approximate surface area is 170 Å². The normalized spacial score (nSPS) is 17.8. The van der Waals surface area contributed by atoms with Gasteiger partial charge in [0.25, 0.3) is 0 Å². The Morgan fingerprint density at radius 2 is 2.07 bits per heavy atom. The molecule has 0 saturated carbocycles. The molecule has 2 aromatic carbocycles. The quantitative estimate of drug-likeness (QED) is 0.531. The molecule has 1 aliphatic heterocycles. The number of aliphatic carboxylic acids is 1. The van der Waals surface area contributed by atoms with Gasteiger partial charge >= 0.3 is 5.97 Å². The number of hydrogen-bond donors (Lipinski definition) is 2. The van der Waals surface area contributed by atoms with E-state index in [0.29, 0.717) is 17.4 Å². The summed E-state index contributed by atoms with van der Waals surface area (Å²) in [6.45, 7) is 0.410. The van der Waals surface area contributed by atoms with Crippen molar-refractivity contribution < 1.29 is 19.4 Å². The first-order valence-electron chi connectivity index (χ1n) is 8.27. The summed E-state index contributed by atoms with van der Waals surface area (Å²) in [4.78, 5) is 22.4. The number of benzene rings is 2. The summed E-state index contributed by atoms with van der Waals surface area (Å²) in [5.74, 6) is -0.733. The van der Waals surface area contributed by atoms with Crippen LogP contribution < -0.4 is 10.1 Å². The number of carbonyl (C=O) groups is 2. The van der Waals surface area contributed by atoms with Crippen molar-refractivity contribution in [2.45, 2.75) is 18.3 Å². The first kappa shape index (κ1) is 19.9. The van der Waals surface area contributed by atoms with Crippen molar-refractivity contribution in [2.75, 3.05) is 0 Å². The van der Waals surface area contributed by atoms with Gasteiger partial charge in [-0.3, -0.25) is 9.59 Å². The van der Waals surface area contributed by atoms with Gasteiger partial charge in [0.05, 0.1) is 12.6 Å². The molecule has 1 aliphatic rings. The summed E-state index contributed by atoms with van der Waals surface area (Å²) in [5, 5.41) is 19.4. The summed E-state index contributed by atoms with van der Waals surface area (Å²) in [7, 11) is 0. The lowest BCUT2D eigenvalue weighted by Crippen LogP contribution is -2.26. The van der Waals surface area contributed by atoms with Crippen LogP contribution in [0.15, 0.2) is 58.7 Å². The van der Waals surface area contributed by atoms with Crippen molar-refractivity contribution >= 4 is 46.6 Å². The van der Waals surface area contributed by atoms with Crippen LogP contribution in [0.25, 0.3) is 0 Å². The fourth-order valence-corrected chi connectivity index (χ4v) is 3.37. The van der Waals surface area contributed by atoms with E-state index in [1.165, 1.54) is 6.21 Å². The summed E-state index contributed by atoms with van der Waals surface area (Å²) >= 11 is 6.92. The van der Waals surface area contributed by atoms with Crippen LogP contribution >= 0.6 is 23.4 Å². The third kappa shape index (κ3) is 5.83. The molecule has 0 radical (unpaired) electrons. The minimum Gasteiger partial charge on any atom is -0.489 e. The zero-order chi connectivity index (χ0) is 19.9. The summed E-state index contributed by atoms with van der Waals surface area (Å²) < 4.78 is 5.76. The van der Waals surface area contributed by atoms with Crippen LogP contribution in [0.2, 0.25) is 5.02 Å². The van der Waals surface area contributed by atoms with Gasteiger partial charge in [-0.2, -0.15) is 5.10 Å². The molecular formula is C19H16ClN3O4S. The van der Waals surface area contributed by atoms with E-state index in [2.05, 4.69) is 15.5 Å². The molecule has 1 atom stereocenters. The number of carboxylic acid groups (broad SMARTS) is 1. The SMILES string of the molecule is O=C(O)C[C@@H]1S/C(=N\N=C/c2cccc(OCc3ccc(Cl)cc3)c2)NC1=O. The van der Waals surface area contributed by atoms with E-state index < -0.39 is 11.2 Å². The molecule has 1 amide bonds. The summed E-state index contributed by atoms with van der Waals surface area (Å²) in [6.07, 6.45) is 1.27. The topological polar surface area (TPSA) is 100 Å². The van der Waals surface area contributed by atoms with Crippen molar-refractivity contribution in [3.05, 3.63) is 64.7 Å². The molecule has 3 rings (SSSR count). The van der Waals surface area contributed by atoms with Crippen molar-refractivity contribution in [1.29, 1.82) is 0 Å². The maximum Gasteiger partial charge on any atom is 0.305 e. The lowest BCUT2D eigenvalue weighted by Gasteiger charge is -2.07. The Bertz CT molecular complexity index is 931. The standard InChI is InChI=1S/C19H16ClN3O4S/c20-14-6-4-12(5-7-14)11-27-15-3-1-2-13(8-15)10-21-23-19-22-18(26)16(28-19)9-17(24)25/h1-8,10,16H,9,11H2,(H,24,25)(H,22,23,26)/b21-10-/t16-/m0/s1.